The zero-order valence-corrected chi connectivity index (χ0v) is 43.8. The van der Waals surface area contributed by atoms with Crippen molar-refractivity contribution in [1.29, 1.82) is 0 Å². The van der Waals surface area contributed by atoms with Crippen molar-refractivity contribution >= 4 is 17.9 Å². The zero-order valence-electron chi connectivity index (χ0n) is 43.8. The Hall–Kier alpha value is -2.11. The topological polar surface area (TPSA) is 78.9 Å². The van der Waals surface area contributed by atoms with Gasteiger partial charge in [-0.25, -0.2) is 0 Å². The summed E-state index contributed by atoms with van der Waals surface area (Å²) in [5.41, 5.74) is 0. The first-order valence-corrected chi connectivity index (χ1v) is 28.8. The van der Waals surface area contributed by atoms with Crippen molar-refractivity contribution in [2.24, 2.45) is 0 Å². The summed E-state index contributed by atoms with van der Waals surface area (Å²) in [5, 5.41) is 0. The van der Waals surface area contributed by atoms with Crippen molar-refractivity contribution < 1.29 is 28.6 Å². The molecule has 0 heterocycles. The van der Waals surface area contributed by atoms with Crippen LogP contribution in [0.25, 0.3) is 0 Å². The summed E-state index contributed by atoms with van der Waals surface area (Å²) in [6, 6.07) is 0. The fourth-order valence-electron chi connectivity index (χ4n) is 8.55. The van der Waals surface area contributed by atoms with Gasteiger partial charge in [-0.05, 0) is 70.6 Å². The lowest BCUT2D eigenvalue weighted by atomic mass is 10.0. The van der Waals surface area contributed by atoms with Crippen molar-refractivity contribution in [3.63, 3.8) is 0 Å². The van der Waals surface area contributed by atoms with E-state index < -0.39 is 6.10 Å². The molecule has 1 atom stereocenters. The fourth-order valence-corrected chi connectivity index (χ4v) is 8.55. The molecule has 0 saturated carbocycles. The van der Waals surface area contributed by atoms with Crippen LogP contribution in [0.5, 0.6) is 0 Å². The van der Waals surface area contributed by atoms with E-state index in [4.69, 9.17) is 14.2 Å². The van der Waals surface area contributed by atoms with Crippen molar-refractivity contribution in [1.82, 2.24) is 0 Å². The summed E-state index contributed by atoms with van der Waals surface area (Å²) in [6.07, 6.45) is 63.6. The van der Waals surface area contributed by atoms with Gasteiger partial charge in [0.2, 0.25) is 0 Å². The van der Waals surface area contributed by atoms with Crippen LogP contribution in [0.15, 0.2) is 24.3 Å². The molecule has 0 saturated heterocycles. The first kappa shape index (κ1) is 62.9. The lowest BCUT2D eigenvalue weighted by Crippen LogP contribution is -2.30. The molecular weight excluding hydrogens is 805 g/mol. The van der Waals surface area contributed by atoms with Crippen LogP contribution in [0.3, 0.4) is 0 Å². The maximum atomic E-state index is 12.7. The monoisotopic (exact) mass is 915 g/mol. The van der Waals surface area contributed by atoms with Gasteiger partial charge in [-0.1, -0.05) is 251 Å². The number of ether oxygens (including phenoxy) is 3. The largest absolute Gasteiger partial charge is 0.462 e. The predicted octanol–water partition coefficient (Wildman–Crippen LogP) is 19.1. The molecule has 6 heteroatoms. The fraction of sp³-hybridized carbons (Fsp3) is 0.881. The Balaban J connectivity index is 4.02. The van der Waals surface area contributed by atoms with Crippen LogP contribution in [0.2, 0.25) is 0 Å². The van der Waals surface area contributed by atoms with Crippen molar-refractivity contribution in [3.05, 3.63) is 24.3 Å². The van der Waals surface area contributed by atoms with Gasteiger partial charge in [0.1, 0.15) is 13.2 Å². The lowest BCUT2D eigenvalue weighted by Gasteiger charge is -2.18. The van der Waals surface area contributed by atoms with Crippen LogP contribution < -0.4 is 0 Å². The minimum absolute atomic E-state index is 0.0710. The molecule has 0 bridgehead atoms. The zero-order chi connectivity index (χ0) is 47.2. The molecule has 0 spiro atoms. The molecule has 0 N–H and O–H groups in total. The quantitative estimate of drug-likeness (QED) is 0.0262. The number of esters is 3. The minimum Gasteiger partial charge on any atom is -0.462 e. The molecule has 0 aromatic rings. The molecule has 0 aromatic heterocycles. The molecule has 0 rings (SSSR count). The van der Waals surface area contributed by atoms with Crippen LogP contribution in [0, 0.1) is 0 Å². The second kappa shape index (κ2) is 54.5. The molecule has 0 radical (unpaired) electrons. The van der Waals surface area contributed by atoms with Gasteiger partial charge in [-0.15, -0.1) is 0 Å². The number of hydrogen-bond acceptors (Lipinski definition) is 6. The molecule has 0 fully saturated rings. The van der Waals surface area contributed by atoms with Gasteiger partial charge >= 0.3 is 17.9 Å². The van der Waals surface area contributed by atoms with Gasteiger partial charge in [-0.2, -0.15) is 0 Å². The molecule has 1 unspecified atom stereocenters. The maximum Gasteiger partial charge on any atom is 0.306 e. The first-order chi connectivity index (χ1) is 32.0. The second-order valence-electron chi connectivity index (χ2n) is 19.6. The highest BCUT2D eigenvalue weighted by Crippen LogP contribution is 2.16. The third-order valence-corrected chi connectivity index (χ3v) is 12.9. The Kier molecular flexibility index (Phi) is 52.7. The summed E-state index contributed by atoms with van der Waals surface area (Å²) in [5.74, 6) is -0.875. The summed E-state index contributed by atoms with van der Waals surface area (Å²) in [6.45, 7) is 6.60. The van der Waals surface area contributed by atoms with Crippen LogP contribution in [0.1, 0.15) is 316 Å². The van der Waals surface area contributed by atoms with Crippen LogP contribution in [-0.4, -0.2) is 37.2 Å². The van der Waals surface area contributed by atoms with Gasteiger partial charge in [0.25, 0.3) is 0 Å². The highest BCUT2D eigenvalue weighted by molar-refractivity contribution is 5.71. The molecular formula is C59H110O6. The minimum atomic E-state index is -0.768. The average molecular weight is 916 g/mol. The van der Waals surface area contributed by atoms with Gasteiger partial charge in [0, 0.05) is 19.3 Å². The second-order valence-corrected chi connectivity index (χ2v) is 19.6. The Morgan fingerprint density at radius 1 is 0.292 bits per heavy atom. The third kappa shape index (κ3) is 52.7. The van der Waals surface area contributed by atoms with E-state index in [0.717, 1.165) is 64.2 Å². The predicted molar refractivity (Wildman–Crippen MR) is 279 cm³/mol. The van der Waals surface area contributed by atoms with Crippen LogP contribution in [-0.2, 0) is 28.6 Å². The summed E-state index contributed by atoms with van der Waals surface area (Å²) >= 11 is 0. The van der Waals surface area contributed by atoms with Crippen LogP contribution >= 0.6 is 0 Å². The number of allylic oxidation sites excluding steroid dienone is 4. The van der Waals surface area contributed by atoms with Gasteiger partial charge < -0.3 is 14.2 Å². The highest BCUT2D eigenvalue weighted by atomic mass is 16.6. The molecule has 0 amide bonds. The van der Waals surface area contributed by atoms with Crippen molar-refractivity contribution in [3.8, 4) is 0 Å². The summed E-state index contributed by atoms with van der Waals surface area (Å²) in [4.78, 5) is 37.8. The number of unbranched alkanes of at least 4 members (excludes halogenated alkanes) is 38. The average Bonchev–Trinajstić information content (AvgIpc) is 3.30. The Morgan fingerprint density at radius 3 is 0.769 bits per heavy atom. The van der Waals surface area contributed by atoms with Crippen molar-refractivity contribution in [2.45, 2.75) is 322 Å². The van der Waals surface area contributed by atoms with Crippen molar-refractivity contribution in [2.75, 3.05) is 13.2 Å². The molecule has 0 aromatic carbocycles. The Morgan fingerprint density at radius 2 is 0.508 bits per heavy atom. The third-order valence-electron chi connectivity index (χ3n) is 12.9. The maximum absolute atomic E-state index is 12.7. The van der Waals surface area contributed by atoms with Gasteiger partial charge in [0.05, 0.1) is 0 Å². The SMILES string of the molecule is CCCCCCC/C=C\CCCCCCCC(=O)OC(COC(=O)CCCCCCCC)COC(=O)CCCCCCCCCCCCCCCCC/C=C\CCCCCCCCCC. The smallest absolute Gasteiger partial charge is 0.306 e. The standard InChI is InChI=1S/C59H110O6/c1-4-7-10-13-16-18-20-22-24-25-26-27-28-29-30-31-32-33-34-35-36-38-39-41-43-46-49-52-58(61)64-55-56(54-63-57(60)51-48-45-15-12-9-6-3)65-59(62)53-50-47-44-42-40-37-23-21-19-17-14-11-8-5-2/h21,23,25-26,56H,4-20,22,24,27-55H2,1-3H3/b23-21-,26-25-. The Bertz CT molecular complexity index is 1050. The lowest BCUT2D eigenvalue weighted by molar-refractivity contribution is -0.167. The number of carbonyl (C=O) groups excluding carboxylic acids is 3. The number of hydrogen-bond donors (Lipinski definition) is 0. The van der Waals surface area contributed by atoms with Gasteiger partial charge in [-0.3, -0.25) is 14.4 Å². The van der Waals surface area contributed by atoms with E-state index in [1.54, 1.807) is 0 Å². The van der Waals surface area contributed by atoms with E-state index in [1.165, 1.54) is 212 Å². The highest BCUT2D eigenvalue weighted by Gasteiger charge is 2.19. The molecule has 0 aliphatic heterocycles. The van der Waals surface area contributed by atoms with E-state index in [2.05, 4.69) is 45.1 Å². The molecule has 0 aliphatic rings. The van der Waals surface area contributed by atoms with E-state index >= 15 is 0 Å². The molecule has 6 nitrogen and oxygen atoms in total. The Labute approximate surface area is 404 Å². The summed E-state index contributed by atoms with van der Waals surface area (Å²) < 4.78 is 16.7. The van der Waals surface area contributed by atoms with Gasteiger partial charge in [0.15, 0.2) is 6.10 Å². The van der Waals surface area contributed by atoms with E-state index in [9.17, 15) is 14.4 Å². The normalized spacial score (nSPS) is 12.1. The van der Waals surface area contributed by atoms with Crippen LogP contribution in [0.4, 0.5) is 0 Å². The van der Waals surface area contributed by atoms with E-state index in [-0.39, 0.29) is 31.1 Å². The number of carbonyl (C=O) groups is 3. The van der Waals surface area contributed by atoms with E-state index in [0.29, 0.717) is 19.3 Å². The van der Waals surface area contributed by atoms with E-state index in [1.807, 2.05) is 0 Å². The molecule has 0 aliphatic carbocycles. The summed E-state index contributed by atoms with van der Waals surface area (Å²) in [7, 11) is 0. The first-order valence-electron chi connectivity index (χ1n) is 28.8. The number of rotatable bonds is 53. The molecule has 382 valence electrons. The molecule has 65 heavy (non-hydrogen) atoms.